The first-order chi connectivity index (χ1) is 9.66. The molecule has 2 rings (SSSR count). The average molecular weight is 274 g/mol. The molecule has 1 unspecified atom stereocenters. The van der Waals surface area contributed by atoms with E-state index in [1.807, 2.05) is 18.2 Å². The fourth-order valence-corrected chi connectivity index (χ4v) is 2.08. The maximum absolute atomic E-state index is 13.2. The van der Waals surface area contributed by atoms with Gasteiger partial charge in [-0.25, -0.2) is 4.39 Å². The Labute approximate surface area is 118 Å². The quantitative estimate of drug-likeness (QED) is 0.810. The molecule has 1 N–H and O–H groups in total. The summed E-state index contributed by atoms with van der Waals surface area (Å²) in [6, 6.07) is 14.4. The van der Waals surface area contributed by atoms with Crippen LogP contribution in [-0.4, -0.2) is 11.7 Å². The molecule has 0 aliphatic rings. The Morgan fingerprint density at radius 2 is 1.90 bits per heavy atom. The van der Waals surface area contributed by atoms with Crippen molar-refractivity contribution in [2.24, 2.45) is 0 Å². The second kappa shape index (κ2) is 7.06. The number of hydrogen-bond donors (Lipinski definition) is 1. The molecule has 0 bridgehead atoms. The van der Waals surface area contributed by atoms with Crippen LogP contribution in [0.3, 0.4) is 0 Å². The van der Waals surface area contributed by atoms with Crippen molar-refractivity contribution in [3.8, 4) is 5.75 Å². The molecule has 0 amide bonds. The normalized spacial score (nSPS) is 12.2. The van der Waals surface area contributed by atoms with Gasteiger partial charge in [0.2, 0.25) is 0 Å². The molecule has 20 heavy (non-hydrogen) atoms. The van der Waals surface area contributed by atoms with E-state index in [-0.39, 0.29) is 5.82 Å². The third-order valence-corrected chi connectivity index (χ3v) is 3.13. The van der Waals surface area contributed by atoms with Crippen molar-refractivity contribution in [3.05, 3.63) is 65.5 Å². The SMILES string of the molecule is CC(O)c1cc(F)ccc1OCCCc1ccccc1. The van der Waals surface area contributed by atoms with Gasteiger partial charge in [0.25, 0.3) is 0 Å². The van der Waals surface area contributed by atoms with Crippen LogP contribution in [0.1, 0.15) is 30.6 Å². The Morgan fingerprint density at radius 1 is 1.15 bits per heavy atom. The summed E-state index contributed by atoms with van der Waals surface area (Å²) in [6.45, 7) is 2.14. The summed E-state index contributed by atoms with van der Waals surface area (Å²) in [4.78, 5) is 0. The maximum atomic E-state index is 13.2. The third kappa shape index (κ3) is 4.07. The maximum Gasteiger partial charge on any atom is 0.125 e. The van der Waals surface area contributed by atoms with Gasteiger partial charge in [-0.1, -0.05) is 30.3 Å². The van der Waals surface area contributed by atoms with Crippen LogP contribution in [0.5, 0.6) is 5.75 Å². The van der Waals surface area contributed by atoms with Gasteiger partial charge in [-0.3, -0.25) is 0 Å². The molecule has 0 aliphatic heterocycles. The molecule has 0 saturated heterocycles. The van der Waals surface area contributed by atoms with E-state index in [1.165, 1.54) is 17.7 Å². The molecule has 2 nitrogen and oxygen atoms in total. The summed E-state index contributed by atoms with van der Waals surface area (Å²) in [5.74, 6) is 0.187. The summed E-state index contributed by atoms with van der Waals surface area (Å²) in [6.07, 6.45) is 1.07. The zero-order valence-electron chi connectivity index (χ0n) is 11.6. The number of benzene rings is 2. The van der Waals surface area contributed by atoms with Crippen LogP contribution in [0, 0.1) is 5.82 Å². The lowest BCUT2D eigenvalue weighted by atomic mass is 10.1. The molecule has 1 atom stereocenters. The monoisotopic (exact) mass is 274 g/mol. The minimum atomic E-state index is -0.741. The standard InChI is InChI=1S/C17H19FO2/c1-13(19)16-12-15(18)9-10-17(16)20-11-5-8-14-6-3-2-4-7-14/h2-4,6-7,9-10,12-13,19H,5,8,11H2,1H3. The number of ether oxygens (including phenoxy) is 1. The molecule has 0 spiro atoms. The van der Waals surface area contributed by atoms with E-state index in [0.29, 0.717) is 17.9 Å². The van der Waals surface area contributed by atoms with Crippen molar-refractivity contribution in [2.75, 3.05) is 6.61 Å². The van der Waals surface area contributed by atoms with Crippen LogP contribution < -0.4 is 4.74 Å². The predicted molar refractivity (Wildman–Crippen MR) is 77.3 cm³/mol. The number of aryl methyl sites for hydroxylation is 1. The lowest BCUT2D eigenvalue weighted by molar-refractivity contribution is 0.190. The minimum Gasteiger partial charge on any atom is -0.493 e. The zero-order valence-corrected chi connectivity index (χ0v) is 11.6. The lowest BCUT2D eigenvalue weighted by Gasteiger charge is -2.13. The molecular formula is C17H19FO2. The highest BCUT2D eigenvalue weighted by Crippen LogP contribution is 2.26. The number of hydrogen-bond acceptors (Lipinski definition) is 2. The molecule has 0 radical (unpaired) electrons. The van der Waals surface area contributed by atoms with Crippen molar-refractivity contribution < 1.29 is 14.2 Å². The van der Waals surface area contributed by atoms with Crippen LogP contribution in [0.4, 0.5) is 4.39 Å². The summed E-state index contributed by atoms with van der Waals surface area (Å²) in [5.41, 5.74) is 1.76. The fraction of sp³-hybridized carbons (Fsp3) is 0.294. The first-order valence-electron chi connectivity index (χ1n) is 6.81. The fourth-order valence-electron chi connectivity index (χ4n) is 2.08. The molecule has 2 aromatic carbocycles. The largest absolute Gasteiger partial charge is 0.493 e. The van der Waals surface area contributed by atoms with Gasteiger partial charge in [-0.15, -0.1) is 0 Å². The molecule has 0 saturated carbocycles. The molecule has 0 fully saturated rings. The number of rotatable bonds is 6. The van der Waals surface area contributed by atoms with E-state index in [2.05, 4.69) is 12.1 Å². The van der Waals surface area contributed by atoms with Crippen molar-refractivity contribution in [1.82, 2.24) is 0 Å². The van der Waals surface area contributed by atoms with Crippen molar-refractivity contribution >= 4 is 0 Å². The highest BCUT2D eigenvalue weighted by atomic mass is 19.1. The third-order valence-electron chi connectivity index (χ3n) is 3.13. The van der Waals surface area contributed by atoms with Gasteiger partial charge in [0.1, 0.15) is 11.6 Å². The van der Waals surface area contributed by atoms with Crippen molar-refractivity contribution in [3.63, 3.8) is 0 Å². The summed E-state index contributed by atoms with van der Waals surface area (Å²) in [7, 11) is 0. The Morgan fingerprint density at radius 3 is 2.60 bits per heavy atom. The molecule has 0 heterocycles. The average Bonchev–Trinajstić information content (AvgIpc) is 2.45. The Balaban J connectivity index is 1.88. The Bertz CT molecular complexity index is 538. The second-order valence-corrected chi connectivity index (χ2v) is 4.80. The second-order valence-electron chi connectivity index (χ2n) is 4.80. The van der Waals surface area contributed by atoms with E-state index in [0.717, 1.165) is 12.8 Å². The van der Waals surface area contributed by atoms with E-state index >= 15 is 0 Å². The highest BCUT2D eigenvalue weighted by molar-refractivity contribution is 5.35. The molecular weight excluding hydrogens is 255 g/mol. The van der Waals surface area contributed by atoms with Gasteiger partial charge in [0.15, 0.2) is 0 Å². The molecule has 0 aromatic heterocycles. The van der Waals surface area contributed by atoms with Gasteiger partial charge in [0, 0.05) is 5.56 Å². The number of aliphatic hydroxyl groups excluding tert-OH is 1. The van der Waals surface area contributed by atoms with Crippen LogP contribution in [0.2, 0.25) is 0 Å². The Kier molecular flexibility index (Phi) is 5.13. The summed E-state index contributed by atoms with van der Waals surface area (Å²) in [5, 5.41) is 9.62. The van der Waals surface area contributed by atoms with Gasteiger partial charge >= 0.3 is 0 Å². The van der Waals surface area contributed by atoms with Crippen LogP contribution in [-0.2, 0) is 6.42 Å². The molecule has 2 aromatic rings. The van der Waals surface area contributed by atoms with Crippen molar-refractivity contribution in [1.29, 1.82) is 0 Å². The highest BCUT2D eigenvalue weighted by Gasteiger charge is 2.10. The molecule has 3 heteroatoms. The van der Waals surface area contributed by atoms with Crippen LogP contribution in [0.15, 0.2) is 48.5 Å². The molecule has 0 aliphatic carbocycles. The predicted octanol–water partition coefficient (Wildman–Crippen LogP) is 3.89. The number of aliphatic hydroxyl groups is 1. The number of halogens is 1. The lowest BCUT2D eigenvalue weighted by Crippen LogP contribution is -2.04. The van der Waals surface area contributed by atoms with E-state index in [9.17, 15) is 9.50 Å². The van der Waals surface area contributed by atoms with Crippen LogP contribution in [0.25, 0.3) is 0 Å². The molecule has 106 valence electrons. The summed E-state index contributed by atoms with van der Waals surface area (Å²) >= 11 is 0. The summed E-state index contributed by atoms with van der Waals surface area (Å²) < 4.78 is 18.8. The van der Waals surface area contributed by atoms with E-state index in [4.69, 9.17) is 4.74 Å². The van der Waals surface area contributed by atoms with E-state index < -0.39 is 6.10 Å². The van der Waals surface area contributed by atoms with E-state index in [1.54, 1.807) is 13.0 Å². The zero-order chi connectivity index (χ0) is 14.4. The van der Waals surface area contributed by atoms with Gasteiger partial charge in [0.05, 0.1) is 12.7 Å². The first kappa shape index (κ1) is 14.5. The first-order valence-corrected chi connectivity index (χ1v) is 6.81. The Hall–Kier alpha value is -1.87. The van der Waals surface area contributed by atoms with Crippen LogP contribution >= 0.6 is 0 Å². The van der Waals surface area contributed by atoms with Gasteiger partial charge in [-0.05, 0) is 43.5 Å². The topological polar surface area (TPSA) is 29.5 Å². The minimum absolute atomic E-state index is 0.363. The van der Waals surface area contributed by atoms with Gasteiger partial charge < -0.3 is 9.84 Å². The van der Waals surface area contributed by atoms with Crippen molar-refractivity contribution in [2.45, 2.75) is 25.9 Å². The smallest absolute Gasteiger partial charge is 0.125 e. The van der Waals surface area contributed by atoms with Gasteiger partial charge in [-0.2, -0.15) is 0 Å².